The molecule has 1 fully saturated rings. The number of carbonyl (C=O) groups excluding carboxylic acids is 1. The topological polar surface area (TPSA) is 152 Å². The van der Waals surface area contributed by atoms with Gasteiger partial charge in [-0.15, -0.1) is 0 Å². The lowest BCUT2D eigenvalue weighted by Crippen LogP contribution is -2.38. The summed E-state index contributed by atoms with van der Waals surface area (Å²) in [6.45, 7) is 7.08. The van der Waals surface area contributed by atoms with Gasteiger partial charge in [-0.05, 0) is 63.4 Å². The number of rotatable bonds is 7. The molecule has 0 radical (unpaired) electrons. The van der Waals surface area contributed by atoms with Crippen molar-refractivity contribution in [2.24, 2.45) is 7.05 Å². The molecule has 5 rings (SSSR count). The predicted octanol–water partition coefficient (Wildman–Crippen LogP) is 3.64. The Labute approximate surface area is 254 Å². The highest BCUT2D eigenvalue weighted by molar-refractivity contribution is 7.89. The van der Waals surface area contributed by atoms with Crippen LogP contribution in [0.1, 0.15) is 64.9 Å². The SMILES string of the molecule is Cc1cc([C@@H](C)Nc2ccc(Cl)nc2C(=O)NS(C)(=O)=O)c2nc(N3CCC(c4ccnc(C)n4)CC3)n(C)c(=O)c2c1. The van der Waals surface area contributed by atoms with Crippen LogP contribution in [0.4, 0.5) is 11.6 Å². The van der Waals surface area contributed by atoms with Crippen molar-refractivity contribution < 1.29 is 13.2 Å². The van der Waals surface area contributed by atoms with Crippen molar-refractivity contribution in [3.8, 4) is 0 Å². The molecule has 12 nitrogen and oxygen atoms in total. The van der Waals surface area contributed by atoms with Crippen LogP contribution in [0.5, 0.6) is 0 Å². The first kappa shape index (κ1) is 30.4. The summed E-state index contributed by atoms with van der Waals surface area (Å²) in [5.41, 5.74) is 3.13. The highest BCUT2D eigenvalue weighted by Crippen LogP contribution is 2.32. The van der Waals surface area contributed by atoms with E-state index in [-0.39, 0.29) is 22.1 Å². The molecule has 0 saturated carbocycles. The molecule has 4 heterocycles. The zero-order chi connectivity index (χ0) is 31.1. The van der Waals surface area contributed by atoms with Gasteiger partial charge in [0.05, 0.1) is 28.9 Å². The van der Waals surface area contributed by atoms with Crippen molar-refractivity contribution in [1.82, 2.24) is 29.2 Å². The van der Waals surface area contributed by atoms with E-state index < -0.39 is 22.0 Å². The smallest absolute Gasteiger partial charge is 0.285 e. The van der Waals surface area contributed by atoms with Gasteiger partial charge in [0.1, 0.15) is 11.0 Å². The molecule has 1 aliphatic heterocycles. The van der Waals surface area contributed by atoms with Crippen molar-refractivity contribution in [3.63, 3.8) is 0 Å². The minimum absolute atomic E-state index is 0.0336. The molecule has 1 atom stereocenters. The lowest BCUT2D eigenvalue weighted by molar-refractivity contribution is 0.0977. The van der Waals surface area contributed by atoms with Crippen molar-refractivity contribution >= 4 is 50.1 Å². The summed E-state index contributed by atoms with van der Waals surface area (Å²) < 4.78 is 26.9. The Morgan fingerprint density at radius 3 is 2.49 bits per heavy atom. The number of halogens is 1. The van der Waals surface area contributed by atoms with Gasteiger partial charge >= 0.3 is 0 Å². The summed E-state index contributed by atoms with van der Waals surface area (Å²) in [4.78, 5) is 46.4. The molecular formula is C29H33ClN8O4S. The van der Waals surface area contributed by atoms with Crippen LogP contribution >= 0.6 is 11.6 Å². The fourth-order valence-electron chi connectivity index (χ4n) is 5.48. The number of benzene rings is 1. The van der Waals surface area contributed by atoms with Crippen LogP contribution in [0.2, 0.25) is 5.15 Å². The van der Waals surface area contributed by atoms with E-state index in [1.165, 1.54) is 6.07 Å². The maximum Gasteiger partial charge on any atom is 0.285 e. The van der Waals surface area contributed by atoms with Crippen molar-refractivity contribution in [2.75, 3.05) is 29.6 Å². The Kier molecular flexibility index (Phi) is 8.39. The van der Waals surface area contributed by atoms with Crippen molar-refractivity contribution in [2.45, 2.75) is 45.6 Å². The van der Waals surface area contributed by atoms with Gasteiger partial charge in [-0.25, -0.2) is 33.1 Å². The summed E-state index contributed by atoms with van der Waals surface area (Å²) in [6.07, 6.45) is 4.40. The van der Waals surface area contributed by atoms with E-state index in [0.717, 1.165) is 41.7 Å². The molecule has 43 heavy (non-hydrogen) atoms. The first-order valence-corrected chi connectivity index (χ1v) is 16.1. The monoisotopic (exact) mass is 624 g/mol. The fraction of sp³-hybridized carbons (Fsp3) is 0.379. The second-order valence-corrected chi connectivity index (χ2v) is 13.1. The molecule has 1 aromatic carbocycles. The van der Waals surface area contributed by atoms with Crippen molar-refractivity contribution in [1.29, 1.82) is 0 Å². The van der Waals surface area contributed by atoms with Crippen molar-refractivity contribution in [3.05, 3.63) is 80.4 Å². The molecule has 226 valence electrons. The third kappa shape index (κ3) is 6.62. The van der Waals surface area contributed by atoms with E-state index in [0.29, 0.717) is 35.9 Å². The number of amides is 1. The average molecular weight is 625 g/mol. The lowest BCUT2D eigenvalue weighted by atomic mass is 9.93. The maximum atomic E-state index is 13.6. The Morgan fingerprint density at radius 1 is 1.09 bits per heavy atom. The van der Waals surface area contributed by atoms with Crippen LogP contribution in [0.25, 0.3) is 10.9 Å². The summed E-state index contributed by atoms with van der Waals surface area (Å²) in [7, 11) is -2.09. The molecule has 2 N–H and O–H groups in total. The van der Waals surface area contributed by atoms with E-state index in [1.54, 1.807) is 23.9 Å². The Bertz CT molecular complexity index is 1890. The van der Waals surface area contributed by atoms with Crippen LogP contribution < -0.4 is 20.5 Å². The van der Waals surface area contributed by atoms with Gasteiger partial charge in [0.15, 0.2) is 5.69 Å². The standard InChI is InChI=1S/C29H33ClN8O4S/c1-16-14-20(17(2)32-23-6-7-24(30)34-26(23)27(39)36-43(5,41)42)25-21(15-16)28(40)37(4)29(35-25)38-12-9-19(10-13-38)22-8-11-31-18(3)33-22/h6-8,11,14-15,17,19,32H,9-10,12-13H2,1-5H3,(H,36,39)/t17-/m1/s1. The minimum Gasteiger partial charge on any atom is -0.377 e. The number of hydrogen-bond donors (Lipinski definition) is 2. The number of anilines is 2. The first-order valence-electron chi connectivity index (χ1n) is 13.8. The number of piperidine rings is 1. The molecule has 14 heteroatoms. The molecule has 1 saturated heterocycles. The number of hydrogen-bond acceptors (Lipinski definition) is 10. The third-order valence-corrected chi connectivity index (χ3v) is 8.28. The van der Waals surface area contributed by atoms with Crippen LogP contribution in [0.15, 0.2) is 41.3 Å². The van der Waals surface area contributed by atoms with Crippen LogP contribution in [-0.2, 0) is 17.1 Å². The molecule has 1 amide bonds. The molecule has 0 spiro atoms. The number of aryl methyl sites for hydroxylation is 2. The Balaban J connectivity index is 1.48. The quantitative estimate of drug-likeness (QED) is 0.292. The van der Waals surface area contributed by atoms with E-state index in [1.807, 2.05) is 43.7 Å². The molecule has 1 aliphatic rings. The van der Waals surface area contributed by atoms with Crippen LogP contribution in [-0.4, -0.2) is 58.2 Å². The van der Waals surface area contributed by atoms with Gasteiger partial charge in [-0.2, -0.15) is 0 Å². The summed E-state index contributed by atoms with van der Waals surface area (Å²) >= 11 is 6.03. The minimum atomic E-state index is -3.83. The number of nitrogens with one attached hydrogen (secondary N) is 2. The van der Waals surface area contributed by atoms with E-state index in [2.05, 4.69) is 25.2 Å². The summed E-state index contributed by atoms with van der Waals surface area (Å²) in [5.74, 6) is 0.721. The van der Waals surface area contributed by atoms with Gasteiger partial charge in [0, 0.05) is 43.5 Å². The number of nitrogens with zero attached hydrogens (tertiary/aromatic N) is 6. The molecule has 0 unspecified atom stereocenters. The molecule has 3 aromatic heterocycles. The molecule has 0 aliphatic carbocycles. The Hall–Kier alpha value is -4.10. The summed E-state index contributed by atoms with van der Waals surface area (Å²) in [5, 5.41) is 3.76. The van der Waals surface area contributed by atoms with Gasteiger partial charge in [0.25, 0.3) is 11.5 Å². The van der Waals surface area contributed by atoms with Gasteiger partial charge < -0.3 is 10.2 Å². The van der Waals surface area contributed by atoms with E-state index in [4.69, 9.17) is 16.6 Å². The highest BCUT2D eigenvalue weighted by Gasteiger charge is 2.26. The number of aromatic nitrogens is 5. The molecular weight excluding hydrogens is 592 g/mol. The number of pyridine rings is 1. The average Bonchev–Trinajstić information content (AvgIpc) is 2.95. The molecule has 4 aromatic rings. The van der Waals surface area contributed by atoms with Crippen LogP contribution in [0, 0.1) is 13.8 Å². The van der Waals surface area contributed by atoms with Gasteiger partial charge in [0.2, 0.25) is 16.0 Å². The number of fused-ring (bicyclic) bond motifs is 1. The lowest BCUT2D eigenvalue weighted by Gasteiger charge is -2.33. The zero-order valence-corrected chi connectivity index (χ0v) is 26.1. The van der Waals surface area contributed by atoms with Gasteiger partial charge in [-0.3, -0.25) is 14.2 Å². The maximum absolute atomic E-state index is 13.6. The van der Waals surface area contributed by atoms with Gasteiger partial charge in [-0.1, -0.05) is 17.7 Å². The number of carbonyl (C=O) groups is 1. The fourth-order valence-corrected chi connectivity index (χ4v) is 6.06. The second-order valence-electron chi connectivity index (χ2n) is 10.9. The second kappa shape index (κ2) is 11.9. The van der Waals surface area contributed by atoms with Crippen LogP contribution in [0.3, 0.4) is 0 Å². The predicted molar refractivity (Wildman–Crippen MR) is 166 cm³/mol. The van der Waals surface area contributed by atoms with E-state index in [9.17, 15) is 18.0 Å². The zero-order valence-electron chi connectivity index (χ0n) is 24.5. The Morgan fingerprint density at radius 2 is 1.81 bits per heavy atom. The highest BCUT2D eigenvalue weighted by atomic mass is 35.5. The normalized spacial score (nSPS) is 15.0. The van der Waals surface area contributed by atoms with E-state index >= 15 is 0 Å². The summed E-state index contributed by atoms with van der Waals surface area (Å²) in [6, 6.07) is 8.34. The largest absolute Gasteiger partial charge is 0.377 e. The number of sulfonamides is 1. The third-order valence-electron chi connectivity index (χ3n) is 7.52. The molecule has 0 bridgehead atoms. The first-order chi connectivity index (χ1) is 20.3.